The van der Waals surface area contributed by atoms with Gasteiger partial charge < -0.3 is 10.2 Å². The van der Waals surface area contributed by atoms with Gasteiger partial charge >= 0.3 is 0 Å². The summed E-state index contributed by atoms with van der Waals surface area (Å²) in [5.74, 6) is 0. The molecule has 24 heavy (non-hydrogen) atoms. The van der Waals surface area contributed by atoms with E-state index in [1.807, 2.05) is 0 Å². The Morgan fingerprint density at radius 1 is 1.00 bits per heavy atom. The predicted octanol–water partition coefficient (Wildman–Crippen LogP) is 2.98. The molecule has 0 bridgehead atoms. The van der Waals surface area contributed by atoms with Gasteiger partial charge in [0.2, 0.25) is 0 Å². The quantitative estimate of drug-likeness (QED) is 0.754. The molecule has 1 unspecified atom stereocenters. The van der Waals surface area contributed by atoms with Crippen molar-refractivity contribution in [3.63, 3.8) is 0 Å². The van der Waals surface area contributed by atoms with Crippen molar-refractivity contribution in [3.8, 4) is 0 Å². The molecule has 0 spiro atoms. The predicted molar refractivity (Wildman–Crippen MR) is 101 cm³/mol. The second-order valence-electron chi connectivity index (χ2n) is 6.81. The van der Waals surface area contributed by atoms with Crippen LogP contribution in [-0.4, -0.2) is 49.1 Å². The van der Waals surface area contributed by atoms with E-state index >= 15 is 0 Å². The van der Waals surface area contributed by atoms with Crippen LogP contribution < -0.4 is 5.32 Å². The largest absolute Gasteiger partial charge is 0.311 e. The maximum Gasteiger partial charge on any atom is 0.0234 e. The van der Waals surface area contributed by atoms with Crippen LogP contribution in [0.15, 0.2) is 60.7 Å². The molecular formula is C21H29N3. The van der Waals surface area contributed by atoms with Crippen LogP contribution in [-0.2, 0) is 13.1 Å². The van der Waals surface area contributed by atoms with E-state index in [-0.39, 0.29) is 0 Å². The Labute approximate surface area is 146 Å². The molecule has 0 radical (unpaired) electrons. The number of hydrogen-bond acceptors (Lipinski definition) is 3. The van der Waals surface area contributed by atoms with E-state index in [2.05, 4.69) is 82.8 Å². The van der Waals surface area contributed by atoms with Crippen molar-refractivity contribution in [2.24, 2.45) is 0 Å². The van der Waals surface area contributed by atoms with E-state index in [4.69, 9.17) is 0 Å². The van der Waals surface area contributed by atoms with Crippen molar-refractivity contribution in [1.29, 1.82) is 0 Å². The molecule has 1 fully saturated rings. The van der Waals surface area contributed by atoms with Gasteiger partial charge in [-0.3, -0.25) is 4.90 Å². The van der Waals surface area contributed by atoms with Gasteiger partial charge in [-0.1, -0.05) is 60.7 Å². The van der Waals surface area contributed by atoms with Gasteiger partial charge in [-0.2, -0.15) is 0 Å². The number of benzene rings is 2. The first-order chi connectivity index (χ1) is 11.8. The average molecular weight is 323 g/mol. The third-order valence-electron chi connectivity index (χ3n) is 4.93. The molecular weight excluding hydrogens is 294 g/mol. The highest BCUT2D eigenvalue weighted by Gasteiger charge is 2.25. The Hall–Kier alpha value is -1.68. The van der Waals surface area contributed by atoms with Gasteiger partial charge in [-0.05, 0) is 24.6 Å². The van der Waals surface area contributed by atoms with Gasteiger partial charge in [0.05, 0.1) is 0 Å². The summed E-state index contributed by atoms with van der Waals surface area (Å²) >= 11 is 0. The smallest absolute Gasteiger partial charge is 0.0234 e. The molecule has 3 nitrogen and oxygen atoms in total. The highest BCUT2D eigenvalue weighted by atomic mass is 15.2. The van der Waals surface area contributed by atoms with Crippen molar-refractivity contribution >= 4 is 0 Å². The van der Waals surface area contributed by atoms with Crippen LogP contribution in [0, 0.1) is 0 Å². The zero-order valence-electron chi connectivity index (χ0n) is 14.7. The summed E-state index contributed by atoms with van der Waals surface area (Å²) in [6.45, 7) is 6.58. The van der Waals surface area contributed by atoms with Gasteiger partial charge in [0.1, 0.15) is 0 Å². The van der Waals surface area contributed by atoms with Crippen LogP contribution >= 0.6 is 0 Å². The van der Waals surface area contributed by atoms with E-state index in [0.29, 0.717) is 6.04 Å². The fraction of sp³-hybridized carbons (Fsp3) is 0.429. The van der Waals surface area contributed by atoms with Crippen molar-refractivity contribution in [3.05, 3.63) is 71.8 Å². The van der Waals surface area contributed by atoms with Gasteiger partial charge in [0, 0.05) is 45.3 Å². The molecule has 2 aromatic carbocycles. The fourth-order valence-corrected chi connectivity index (χ4v) is 3.42. The van der Waals surface area contributed by atoms with Crippen LogP contribution in [0.2, 0.25) is 0 Å². The van der Waals surface area contributed by atoms with E-state index in [0.717, 1.165) is 26.2 Å². The lowest BCUT2D eigenvalue weighted by atomic mass is 10.2. The van der Waals surface area contributed by atoms with E-state index in [9.17, 15) is 0 Å². The third kappa shape index (κ3) is 5.17. The Morgan fingerprint density at radius 3 is 2.38 bits per heavy atom. The first-order valence-electron chi connectivity index (χ1n) is 9.02. The maximum absolute atomic E-state index is 3.55. The van der Waals surface area contributed by atoms with Crippen molar-refractivity contribution in [2.75, 3.05) is 33.2 Å². The summed E-state index contributed by atoms with van der Waals surface area (Å²) in [7, 11) is 2.26. The van der Waals surface area contributed by atoms with E-state index in [1.165, 1.54) is 30.6 Å². The van der Waals surface area contributed by atoms with Gasteiger partial charge in [0.25, 0.3) is 0 Å². The summed E-state index contributed by atoms with van der Waals surface area (Å²) in [6, 6.07) is 22.1. The standard InChI is InChI=1S/C21H29N3/c1-23(15-13-22-16-19-8-4-2-5-9-19)21-12-14-24(18-21)17-20-10-6-3-7-11-20/h2-11,21-22H,12-18H2,1H3. The second-order valence-corrected chi connectivity index (χ2v) is 6.81. The summed E-state index contributed by atoms with van der Waals surface area (Å²) in [5, 5.41) is 3.55. The van der Waals surface area contributed by atoms with Crippen molar-refractivity contribution in [2.45, 2.75) is 25.6 Å². The average Bonchev–Trinajstić information content (AvgIpc) is 3.09. The molecule has 1 aliphatic rings. The Balaban J connectivity index is 1.35. The molecule has 1 aliphatic heterocycles. The molecule has 3 heteroatoms. The van der Waals surface area contributed by atoms with E-state index in [1.54, 1.807) is 0 Å². The summed E-state index contributed by atoms with van der Waals surface area (Å²) in [5.41, 5.74) is 2.78. The molecule has 1 heterocycles. The minimum absolute atomic E-state index is 0.687. The molecule has 2 aromatic rings. The summed E-state index contributed by atoms with van der Waals surface area (Å²) in [4.78, 5) is 5.09. The summed E-state index contributed by atoms with van der Waals surface area (Å²) in [6.07, 6.45) is 1.28. The zero-order chi connectivity index (χ0) is 16.6. The van der Waals surface area contributed by atoms with Gasteiger partial charge in [-0.15, -0.1) is 0 Å². The van der Waals surface area contributed by atoms with Crippen LogP contribution in [0.1, 0.15) is 17.5 Å². The first kappa shape index (κ1) is 17.2. The Bertz CT molecular complexity index is 585. The highest BCUT2D eigenvalue weighted by molar-refractivity contribution is 5.15. The number of likely N-dealkylation sites (tertiary alicyclic amines) is 1. The number of rotatable bonds is 8. The molecule has 1 atom stereocenters. The monoisotopic (exact) mass is 323 g/mol. The number of likely N-dealkylation sites (N-methyl/N-ethyl adjacent to an activating group) is 1. The van der Waals surface area contributed by atoms with E-state index < -0.39 is 0 Å². The molecule has 1 N–H and O–H groups in total. The lowest BCUT2D eigenvalue weighted by Crippen LogP contribution is -2.38. The topological polar surface area (TPSA) is 18.5 Å². The molecule has 0 aromatic heterocycles. The highest BCUT2D eigenvalue weighted by Crippen LogP contribution is 2.16. The lowest BCUT2D eigenvalue weighted by molar-refractivity contribution is 0.229. The first-order valence-corrected chi connectivity index (χ1v) is 9.02. The molecule has 0 amide bonds. The van der Waals surface area contributed by atoms with Crippen molar-refractivity contribution < 1.29 is 0 Å². The summed E-state index contributed by atoms with van der Waals surface area (Å²) < 4.78 is 0. The normalized spacial score (nSPS) is 18.3. The Kier molecular flexibility index (Phi) is 6.41. The minimum atomic E-state index is 0.687. The SMILES string of the molecule is CN(CCNCc1ccccc1)C1CCN(Cc2ccccc2)C1. The second kappa shape index (κ2) is 8.97. The van der Waals surface area contributed by atoms with Crippen LogP contribution in [0.25, 0.3) is 0 Å². The maximum atomic E-state index is 3.55. The van der Waals surface area contributed by atoms with Crippen LogP contribution in [0.4, 0.5) is 0 Å². The number of nitrogens with one attached hydrogen (secondary N) is 1. The van der Waals surface area contributed by atoms with Crippen LogP contribution in [0.3, 0.4) is 0 Å². The zero-order valence-corrected chi connectivity index (χ0v) is 14.7. The van der Waals surface area contributed by atoms with Gasteiger partial charge in [-0.25, -0.2) is 0 Å². The number of hydrogen-bond donors (Lipinski definition) is 1. The molecule has 0 aliphatic carbocycles. The molecule has 3 rings (SSSR count). The fourth-order valence-electron chi connectivity index (χ4n) is 3.42. The van der Waals surface area contributed by atoms with Crippen LogP contribution in [0.5, 0.6) is 0 Å². The molecule has 0 saturated carbocycles. The third-order valence-corrected chi connectivity index (χ3v) is 4.93. The minimum Gasteiger partial charge on any atom is -0.311 e. The lowest BCUT2D eigenvalue weighted by Gasteiger charge is -2.25. The number of nitrogens with zero attached hydrogens (tertiary/aromatic N) is 2. The molecule has 1 saturated heterocycles. The Morgan fingerprint density at radius 2 is 1.67 bits per heavy atom. The van der Waals surface area contributed by atoms with Crippen molar-refractivity contribution in [1.82, 2.24) is 15.1 Å². The molecule has 128 valence electrons. The van der Waals surface area contributed by atoms with Gasteiger partial charge in [0.15, 0.2) is 0 Å².